The van der Waals surface area contributed by atoms with Crippen molar-refractivity contribution in [3.63, 3.8) is 0 Å². The minimum Gasteiger partial charge on any atom is -0.479 e. The van der Waals surface area contributed by atoms with Gasteiger partial charge < -0.3 is 39.0 Å². The van der Waals surface area contributed by atoms with Crippen molar-refractivity contribution in [1.29, 1.82) is 0 Å². The molecule has 12 nitrogen and oxygen atoms in total. The van der Waals surface area contributed by atoms with Crippen molar-refractivity contribution < 1.29 is 58.2 Å². The molecule has 432 valence electrons. The Kier molecular flexibility index (Phi) is 46.8. The fourth-order valence-corrected chi connectivity index (χ4v) is 7.83. The van der Waals surface area contributed by atoms with Crippen LogP contribution in [0.1, 0.15) is 201 Å². The maximum Gasteiger partial charge on any atom is 0.335 e. The quantitative estimate of drug-likeness (QED) is 0.0228. The molecule has 0 amide bonds. The zero-order valence-electron chi connectivity index (χ0n) is 47.4. The maximum atomic E-state index is 13.1. The molecule has 1 aliphatic rings. The van der Waals surface area contributed by atoms with Crippen LogP contribution in [0.25, 0.3) is 0 Å². The molecule has 6 unspecified atom stereocenters. The average Bonchev–Trinajstić information content (AvgIpc) is 3.42. The first-order valence-electron chi connectivity index (χ1n) is 29.2. The smallest absolute Gasteiger partial charge is 0.335 e. The van der Waals surface area contributed by atoms with Crippen LogP contribution in [0.15, 0.2) is 134 Å². The molecule has 0 aromatic heterocycles. The largest absolute Gasteiger partial charge is 0.479 e. The van der Waals surface area contributed by atoms with Crippen molar-refractivity contribution in [1.82, 2.24) is 0 Å². The number of carboxylic acid groups (broad SMARTS) is 1. The van der Waals surface area contributed by atoms with Crippen LogP contribution >= 0.6 is 0 Å². The Bertz CT molecular complexity index is 1850. The summed E-state index contributed by atoms with van der Waals surface area (Å²) < 4.78 is 28.3. The van der Waals surface area contributed by atoms with Crippen LogP contribution in [-0.4, -0.2) is 89.2 Å². The van der Waals surface area contributed by atoms with Gasteiger partial charge in [-0.15, -0.1) is 0 Å². The summed E-state index contributed by atoms with van der Waals surface area (Å²) in [7, 11) is 0. The number of hydrogen-bond donors (Lipinski definition) is 3. The molecule has 0 aromatic rings. The standard InChI is InChI=1S/C65H100O12/c1-4-7-10-13-16-19-22-25-27-28-29-30-32-34-36-39-42-45-48-51-57(66)73-54-56(75-58(67)52-49-46-43-40-38-35-31-26-23-20-17-14-11-8-5-2)55-74-65-63(61(70)60(69)62(77-65)64(71)72)76-59(68)53-50-47-44-41-37-33-24-21-18-15-12-9-6-3/h7-12,16-21,25-27,29-31,33,37-38,40,56,60-63,65,69-70H,4-6,13-15,22-24,28,32,34-36,39,41-55H2,1-3H3,(H,71,72)/b10-7-,11-8-,12-9-,19-16-,20-17-,21-18-,27-25-,30-29-,31-26-,37-33-,40-38-. The molecule has 12 heteroatoms. The Morgan fingerprint density at radius 3 is 1.22 bits per heavy atom. The summed E-state index contributed by atoms with van der Waals surface area (Å²) >= 11 is 0. The van der Waals surface area contributed by atoms with E-state index < -0.39 is 67.3 Å². The van der Waals surface area contributed by atoms with Gasteiger partial charge in [-0.05, 0) is 128 Å². The lowest BCUT2D eigenvalue weighted by atomic mass is 9.98. The van der Waals surface area contributed by atoms with Gasteiger partial charge in [-0.3, -0.25) is 14.4 Å². The van der Waals surface area contributed by atoms with Crippen molar-refractivity contribution >= 4 is 23.9 Å². The van der Waals surface area contributed by atoms with Gasteiger partial charge in [0.1, 0.15) is 18.8 Å². The van der Waals surface area contributed by atoms with Crippen molar-refractivity contribution in [2.24, 2.45) is 0 Å². The van der Waals surface area contributed by atoms with Crippen LogP contribution in [0.5, 0.6) is 0 Å². The number of aliphatic carboxylic acids is 1. The minimum absolute atomic E-state index is 0.0112. The van der Waals surface area contributed by atoms with E-state index in [2.05, 4.69) is 154 Å². The zero-order chi connectivity index (χ0) is 56.1. The van der Waals surface area contributed by atoms with Gasteiger partial charge in [-0.2, -0.15) is 0 Å². The first-order chi connectivity index (χ1) is 37.6. The van der Waals surface area contributed by atoms with E-state index in [1.54, 1.807) is 0 Å². The number of aliphatic hydroxyl groups is 2. The Balaban J connectivity index is 2.75. The number of carbonyl (C=O) groups excluding carboxylic acids is 3. The molecular formula is C65H100O12. The van der Waals surface area contributed by atoms with Gasteiger partial charge in [0.2, 0.25) is 0 Å². The van der Waals surface area contributed by atoms with Gasteiger partial charge in [-0.1, -0.05) is 187 Å². The second-order valence-corrected chi connectivity index (χ2v) is 19.1. The molecule has 0 bridgehead atoms. The molecule has 0 aromatic carbocycles. The van der Waals surface area contributed by atoms with Crippen molar-refractivity contribution in [3.8, 4) is 0 Å². The molecule has 1 rings (SSSR count). The number of rotatable bonds is 47. The van der Waals surface area contributed by atoms with E-state index in [1.807, 2.05) is 0 Å². The van der Waals surface area contributed by atoms with Crippen LogP contribution in [-0.2, 0) is 42.9 Å². The molecule has 6 atom stereocenters. The third-order valence-corrected chi connectivity index (χ3v) is 12.2. The summed E-state index contributed by atoms with van der Waals surface area (Å²) in [6.07, 6.45) is 60.0. The minimum atomic E-state index is -1.93. The summed E-state index contributed by atoms with van der Waals surface area (Å²) in [5, 5.41) is 31.4. The highest BCUT2D eigenvalue weighted by Crippen LogP contribution is 2.26. The maximum absolute atomic E-state index is 13.1. The van der Waals surface area contributed by atoms with E-state index in [0.717, 1.165) is 141 Å². The lowest BCUT2D eigenvalue weighted by molar-refractivity contribution is -0.301. The Hall–Kier alpha value is -5.14. The molecule has 3 N–H and O–H groups in total. The van der Waals surface area contributed by atoms with Gasteiger partial charge in [0, 0.05) is 19.3 Å². The molecule has 1 heterocycles. The van der Waals surface area contributed by atoms with E-state index in [1.165, 1.54) is 0 Å². The van der Waals surface area contributed by atoms with Crippen LogP contribution in [0, 0.1) is 0 Å². The van der Waals surface area contributed by atoms with Crippen molar-refractivity contribution in [2.45, 2.75) is 237 Å². The Labute approximate surface area is 464 Å². The highest BCUT2D eigenvalue weighted by atomic mass is 16.7. The summed E-state index contributed by atoms with van der Waals surface area (Å²) in [6, 6.07) is 0. The van der Waals surface area contributed by atoms with E-state index in [-0.39, 0.29) is 25.9 Å². The second kappa shape index (κ2) is 51.6. The number of hydrogen-bond acceptors (Lipinski definition) is 11. The number of ether oxygens (including phenoxy) is 5. The lowest BCUT2D eigenvalue weighted by Gasteiger charge is -2.40. The average molecular weight is 1070 g/mol. The SMILES string of the molecule is CC/C=C\C/C=C\C/C=C\C/C=C\CCCCCCCCC(=O)OCC(COC1OC(C(=O)O)C(O)C(O)C1OC(=O)CCCCC/C=C\C/C=C\C/C=C\CC)OC(=O)CCCC/C=C\C/C=C\C/C=C\C/C=C\CC. The van der Waals surface area contributed by atoms with Crippen molar-refractivity contribution in [3.05, 3.63) is 134 Å². The van der Waals surface area contributed by atoms with Gasteiger partial charge >= 0.3 is 23.9 Å². The van der Waals surface area contributed by atoms with Crippen molar-refractivity contribution in [2.75, 3.05) is 13.2 Å². The van der Waals surface area contributed by atoms with Gasteiger partial charge in [0.15, 0.2) is 24.6 Å². The molecule has 1 aliphatic heterocycles. The highest BCUT2D eigenvalue weighted by Gasteiger charge is 2.50. The normalized spacial score (nSPS) is 19.0. The van der Waals surface area contributed by atoms with Crippen LogP contribution < -0.4 is 0 Å². The summed E-state index contributed by atoms with van der Waals surface area (Å²) in [4.78, 5) is 51.1. The highest BCUT2D eigenvalue weighted by molar-refractivity contribution is 5.74. The first kappa shape index (κ1) is 69.9. The van der Waals surface area contributed by atoms with Gasteiger partial charge in [0.25, 0.3) is 0 Å². The Morgan fingerprint density at radius 2 is 0.779 bits per heavy atom. The number of aliphatic hydroxyl groups excluding tert-OH is 2. The zero-order valence-corrected chi connectivity index (χ0v) is 47.4. The predicted molar refractivity (Wildman–Crippen MR) is 312 cm³/mol. The molecule has 1 saturated heterocycles. The Morgan fingerprint density at radius 1 is 0.429 bits per heavy atom. The molecule has 0 radical (unpaired) electrons. The van der Waals surface area contributed by atoms with Crippen LogP contribution in [0.3, 0.4) is 0 Å². The molecule has 0 aliphatic carbocycles. The number of carbonyl (C=O) groups is 4. The van der Waals surface area contributed by atoms with E-state index in [9.17, 15) is 34.5 Å². The second-order valence-electron chi connectivity index (χ2n) is 19.1. The fraction of sp³-hybridized carbons (Fsp3) is 0.600. The predicted octanol–water partition coefficient (Wildman–Crippen LogP) is 15.0. The molecule has 0 spiro atoms. The molecule has 1 fully saturated rings. The van der Waals surface area contributed by atoms with E-state index in [0.29, 0.717) is 19.3 Å². The summed E-state index contributed by atoms with van der Waals surface area (Å²) in [5.41, 5.74) is 0. The summed E-state index contributed by atoms with van der Waals surface area (Å²) in [5.74, 6) is -3.26. The number of esters is 3. The fourth-order valence-electron chi connectivity index (χ4n) is 7.83. The summed E-state index contributed by atoms with van der Waals surface area (Å²) in [6.45, 7) is 5.57. The third-order valence-electron chi connectivity index (χ3n) is 12.2. The van der Waals surface area contributed by atoms with Crippen LogP contribution in [0.4, 0.5) is 0 Å². The topological polar surface area (TPSA) is 175 Å². The monoisotopic (exact) mass is 1070 g/mol. The molecule has 77 heavy (non-hydrogen) atoms. The number of unbranched alkanes of at least 4 members (excludes halogenated alkanes) is 11. The molecular weight excluding hydrogens is 973 g/mol. The molecule has 0 saturated carbocycles. The van der Waals surface area contributed by atoms with Gasteiger partial charge in [0.05, 0.1) is 6.61 Å². The van der Waals surface area contributed by atoms with E-state index >= 15 is 0 Å². The van der Waals surface area contributed by atoms with Crippen LogP contribution in [0.2, 0.25) is 0 Å². The first-order valence-corrected chi connectivity index (χ1v) is 29.2. The number of allylic oxidation sites excluding steroid dienone is 22. The number of carboxylic acids is 1. The lowest BCUT2D eigenvalue weighted by Crippen LogP contribution is -2.61. The third kappa shape index (κ3) is 41.6. The van der Waals surface area contributed by atoms with Gasteiger partial charge in [-0.25, -0.2) is 4.79 Å². The van der Waals surface area contributed by atoms with E-state index in [4.69, 9.17) is 23.7 Å².